The van der Waals surface area contributed by atoms with Gasteiger partial charge in [0.05, 0.1) is 12.2 Å². The second kappa shape index (κ2) is 6.43. The number of benzene rings is 1. The highest BCUT2D eigenvalue weighted by atomic mass is 35.5. The van der Waals surface area contributed by atoms with Gasteiger partial charge >= 0.3 is 0 Å². The van der Waals surface area contributed by atoms with E-state index in [0.717, 1.165) is 30.2 Å². The minimum atomic E-state index is -0.781. The molecule has 3 nitrogen and oxygen atoms in total. The minimum Gasteiger partial charge on any atom is -0.387 e. The number of ether oxygens (including phenoxy) is 1. The fraction of sp³-hybridized carbons (Fsp3) is 0.625. The summed E-state index contributed by atoms with van der Waals surface area (Å²) in [5.74, 6) is 0. The van der Waals surface area contributed by atoms with Gasteiger partial charge in [0.25, 0.3) is 0 Å². The van der Waals surface area contributed by atoms with E-state index in [0.29, 0.717) is 18.1 Å². The average molecular weight is 332 g/mol. The van der Waals surface area contributed by atoms with Crippen LogP contribution in [0.1, 0.15) is 25.8 Å². The van der Waals surface area contributed by atoms with E-state index in [1.807, 2.05) is 12.1 Å². The van der Waals surface area contributed by atoms with E-state index >= 15 is 0 Å². The lowest BCUT2D eigenvalue weighted by Gasteiger charge is -2.50. The highest BCUT2D eigenvalue weighted by Crippen LogP contribution is 2.39. The van der Waals surface area contributed by atoms with Crippen LogP contribution < -0.4 is 0 Å². The van der Waals surface area contributed by atoms with Gasteiger partial charge in [-0.05, 0) is 30.2 Å². The molecule has 1 aromatic carbocycles. The molecule has 1 fully saturated rings. The predicted molar refractivity (Wildman–Crippen MR) is 87.0 cm³/mol. The molecule has 21 heavy (non-hydrogen) atoms. The molecule has 0 radical (unpaired) electrons. The number of aliphatic hydroxyl groups is 1. The van der Waals surface area contributed by atoms with Gasteiger partial charge in [-0.2, -0.15) is 0 Å². The Morgan fingerprint density at radius 1 is 1.33 bits per heavy atom. The zero-order valence-electron chi connectivity index (χ0n) is 12.8. The smallest absolute Gasteiger partial charge is 0.0954 e. The van der Waals surface area contributed by atoms with E-state index in [1.54, 1.807) is 13.2 Å². The maximum Gasteiger partial charge on any atom is 0.0954 e. The topological polar surface area (TPSA) is 32.7 Å². The van der Waals surface area contributed by atoms with Gasteiger partial charge in [-0.25, -0.2) is 0 Å². The molecule has 1 saturated heterocycles. The Labute approximate surface area is 136 Å². The van der Waals surface area contributed by atoms with Crippen LogP contribution in [0.25, 0.3) is 0 Å². The fourth-order valence-electron chi connectivity index (χ4n) is 3.01. The second-order valence-corrected chi connectivity index (χ2v) is 7.39. The van der Waals surface area contributed by atoms with Gasteiger partial charge in [-0.15, -0.1) is 0 Å². The molecule has 0 amide bonds. The lowest BCUT2D eigenvalue weighted by Crippen LogP contribution is -2.59. The first-order valence-electron chi connectivity index (χ1n) is 7.15. The quantitative estimate of drug-likeness (QED) is 0.914. The third-order valence-electron chi connectivity index (χ3n) is 4.51. The number of methoxy groups -OCH3 is 1. The first kappa shape index (κ1) is 17.0. The summed E-state index contributed by atoms with van der Waals surface area (Å²) in [6.07, 6.45) is 0.687. The van der Waals surface area contributed by atoms with Crippen molar-refractivity contribution >= 4 is 23.2 Å². The van der Waals surface area contributed by atoms with Crippen LogP contribution in [0.15, 0.2) is 18.2 Å². The summed E-state index contributed by atoms with van der Waals surface area (Å²) in [5, 5.41) is 12.2. The van der Waals surface area contributed by atoms with Crippen molar-refractivity contribution in [3.05, 3.63) is 33.8 Å². The van der Waals surface area contributed by atoms with Crippen LogP contribution in [-0.2, 0) is 11.3 Å². The third kappa shape index (κ3) is 3.72. The van der Waals surface area contributed by atoms with Crippen LogP contribution in [0, 0.1) is 5.41 Å². The van der Waals surface area contributed by atoms with Crippen molar-refractivity contribution in [1.82, 2.24) is 4.90 Å². The number of hydrogen-bond acceptors (Lipinski definition) is 3. The van der Waals surface area contributed by atoms with Crippen LogP contribution in [-0.4, -0.2) is 42.4 Å². The zero-order valence-corrected chi connectivity index (χ0v) is 14.3. The standard InChI is InChI=1S/C16H23Cl2NO2/c1-15(2)10-19(7-6-16(15,20)11-21-3)9-12-8-13(17)4-5-14(12)18/h4-5,8,20H,6-7,9-11H2,1-3H3/t16-/m1/s1. The van der Waals surface area contributed by atoms with Gasteiger partial charge in [-0.3, -0.25) is 4.90 Å². The molecule has 0 saturated carbocycles. The lowest BCUT2D eigenvalue weighted by atomic mass is 9.70. The van der Waals surface area contributed by atoms with Gasteiger partial charge in [-0.1, -0.05) is 37.0 Å². The summed E-state index contributed by atoms with van der Waals surface area (Å²) < 4.78 is 5.20. The van der Waals surface area contributed by atoms with Crippen molar-refractivity contribution in [2.75, 3.05) is 26.8 Å². The largest absolute Gasteiger partial charge is 0.387 e. The van der Waals surface area contributed by atoms with Crippen molar-refractivity contribution < 1.29 is 9.84 Å². The highest BCUT2D eigenvalue weighted by Gasteiger charge is 2.47. The number of nitrogens with zero attached hydrogens (tertiary/aromatic N) is 1. The Morgan fingerprint density at radius 2 is 2.05 bits per heavy atom. The first-order chi connectivity index (χ1) is 9.77. The van der Waals surface area contributed by atoms with Crippen molar-refractivity contribution in [1.29, 1.82) is 0 Å². The monoisotopic (exact) mass is 331 g/mol. The van der Waals surface area contributed by atoms with E-state index in [9.17, 15) is 5.11 Å². The zero-order chi connectivity index (χ0) is 15.7. The summed E-state index contributed by atoms with van der Waals surface area (Å²) in [4.78, 5) is 2.31. The number of hydrogen-bond donors (Lipinski definition) is 1. The molecule has 0 bridgehead atoms. The Morgan fingerprint density at radius 3 is 2.67 bits per heavy atom. The van der Waals surface area contributed by atoms with Gasteiger partial charge < -0.3 is 9.84 Å². The van der Waals surface area contributed by atoms with E-state index in [2.05, 4.69) is 18.7 Å². The van der Waals surface area contributed by atoms with Crippen LogP contribution in [0.3, 0.4) is 0 Å². The molecular weight excluding hydrogens is 309 g/mol. The number of likely N-dealkylation sites (tertiary alicyclic amines) is 1. The second-order valence-electron chi connectivity index (χ2n) is 6.54. The van der Waals surface area contributed by atoms with Crippen LogP contribution in [0.4, 0.5) is 0 Å². The Bertz CT molecular complexity index is 507. The fourth-order valence-corrected chi connectivity index (χ4v) is 3.39. The SMILES string of the molecule is COC[C@]1(O)CCN(Cc2cc(Cl)ccc2Cl)CC1(C)C. The number of rotatable bonds is 4. The molecule has 1 N–H and O–H groups in total. The summed E-state index contributed by atoms with van der Waals surface area (Å²) in [5.41, 5.74) is 0.0000267. The maximum absolute atomic E-state index is 10.8. The van der Waals surface area contributed by atoms with E-state index < -0.39 is 5.60 Å². The van der Waals surface area contributed by atoms with Gasteiger partial charge in [0.1, 0.15) is 0 Å². The predicted octanol–water partition coefficient (Wildman–Crippen LogP) is 3.60. The molecule has 0 spiro atoms. The van der Waals surface area contributed by atoms with Gasteiger partial charge in [0.15, 0.2) is 0 Å². The molecule has 118 valence electrons. The molecule has 1 aliphatic rings. The molecular formula is C16H23Cl2NO2. The molecule has 0 aliphatic carbocycles. The van der Waals surface area contributed by atoms with Crippen molar-refractivity contribution in [2.24, 2.45) is 5.41 Å². The van der Waals surface area contributed by atoms with Crippen molar-refractivity contribution in [3.63, 3.8) is 0 Å². The van der Waals surface area contributed by atoms with E-state index in [4.69, 9.17) is 27.9 Å². The summed E-state index contributed by atoms with van der Waals surface area (Å²) in [6.45, 7) is 6.87. The molecule has 1 aromatic rings. The van der Waals surface area contributed by atoms with E-state index in [1.165, 1.54) is 0 Å². The van der Waals surface area contributed by atoms with Crippen molar-refractivity contribution in [3.8, 4) is 0 Å². The molecule has 1 aliphatic heterocycles. The van der Waals surface area contributed by atoms with E-state index in [-0.39, 0.29) is 5.41 Å². The Balaban J connectivity index is 2.10. The minimum absolute atomic E-state index is 0.244. The molecule has 2 rings (SSSR count). The van der Waals surface area contributed by atoms with Crippen LogP contribution >= 0.6 is 23.2 Å². The normalized spacial score (nSPS) is 26.0. The summed E-state index contributed by atoms with van der Waals surface area (Å²) in [6, 6.07) is 5.54. The Hall–Kier alpha value is -0.320. The van der Waals surface area contributed by atoms with Gasteiger partial charge in [0.2, 0.25) is 0 Å². The van der Waals surface area contributed by atoms with Gasteiger partial charge in [0, 0.05) is 42.2 Å². The molecule has 1 heterocycles. The van der Waals surface area contributed by atoms with Crippen molar-refractivity contribution in [2.45, 2.75) is 32.4 Å². The Kier molecular flexibility index (Phi) is 5.22. The summed E-state index contributed by atoms with van der Waals surface area (Å²) >= 11 is 12.3. The highest BCUT2D eigenvalue weighted by molar-refractivity contribution is 6.33. The third-order valence-corrected chi connectivity index (χ3v) is 5.11. The molecule has 1 atom stereocenters. The number of piperidine rings is 1. The summed E-state index contributed by atoms with van der Waals surface area (Å²) in [7, 11) is 1.63. The maximum atomic E-state index is 10.8. The lowest BCUT2D eigenvalue weighted by molar-refractivity contribution is -0.151. The molecule has 5 heteroatoms. The van der Waals surface area contributed by atoms with Crippen LogP contribution in [0.5, 0.6) is 0 Å². The molecule has 0 unspecified atom stereocenters. The van der Waals surface area contributed by atoms with Crippen LogP contribution in [0.2, 0.25) is 10.0 Å². The first-order valence-corrected chi connectivity index (χ1v) is 7.91. The number of halogens is 2. The molecule has 0 aromatic heterocycles. The average Bonchev–Trinajstić information content (AvgIpc) is 2.39.